The van der Waals surface area contributed by atoms with Gasteiger partial charge >= 0.3 is 6.03 Å². The van der Waals surface area contributed by atoms with E-state index in [0.29, 0.717) is 0 Å². The number of carbonyl (C=O) groups is 1. The predicted octanol–water partition coefficient (Wildman–Crippen LogP) is -1.39. The van der Waals surface area contributed by atoms with Gasteiger partial charge < -0.3 is 10.2 Å². The second kappa shape index (κ2) is 4.74. The molecule has 4 N–H and O–H groups in total. The number of aliphatic imine (C=N–C) groups is 1. The highest BCUT2D eigenvalue weighted by molar-refractivity contribution is 5.95. The summed E-state index contributed by atoms with van der Waals surface area (Å²) in [5, 5.41) is 32.0. The van der Waals surface area contributed by atoms with Crippen LogP contribution in [0.3, 0.4) is 0 Å². The van der Waals surface area contributed by atoms with Gasteiger partial charge in [0.05, 0.1) is 18.9 Å². The molecule has 0 saturated carbocycles. The molecule has 0 aliphatic rings. The Hall–Kier alpha value is -1.02. The fourth-order valence-corrected chi connectivity index (χ4v) is 0.301. The van der Waals surface area contributed by atoms with Crippen molar-refractivity contribution in [3.63, 3.8) is 0 Å². The molecule has 0 rings (SSSR count). The van der Waals surface area contributed by atoms with Crippen LogP contribution in [-0.4, -0.2) is 50.8 Å². The molecule has 7 heteroatoms. The van der Waals surface area contributed by atoms with Gasteiger partial charge in [0, 0.05) is 0 Å². The average molecular weight is 164 g/mol. The maximum absolute atomic E-state index is 10.3. The Bertz CT molecular complexity index is 160. The summed E-state index contributed by atoms with van der Waals surface area (Å²) < 4.78 is 0. The molecule has 0 saturated heterocycles. The Labute approximate surface area is 61.7 Å². The first kappa shape index (κ1) is 9.98. The molecular weight excluding hydrogens is 156 g/mol. The highest BCUT2D eigenvalue weighted by atomic mass is 16.8. The lowest BCUT2D eigenvalue weighted by Crippen LogP contribution is -2.23. The van der Waals surface area contributed by atoms with Crippen molar-refractivity contribution < 1.29 is 25.4 Å². The first-order chi connectivity index (χ1) is 5.11. The molecule has 0 aromatic heterocycles. The van der Waals surface area contributed by atoms with Gasteiger partial charge in [-0.3, -0.25) is 10.4 Å². The Kier molecular flexibility index (Phi) is 4.30. The first-order valence-electron chi connectivity index (χ1n) is 2.61. The van der Waals surface area contributed by atoms with Crippen molar-refractivity contribution in [2.45, 2.75) is 0 Å². The number of amides is 2. The summed E-state index contributed by atoms with van der Waals surface area (Å²) in [6, 6.07) is -1.37. The highest BCUT2D eigenvalue weighted by Crippen LogP contribution is 1.85. The number of nitrogens with zero attached hydrogens (tertiary/aromatic N) is 2. The van der Waals surface area contributed by atoms with Crippen molar-refractivity contribution >= 4 is 11.7 Å². The van der Waals surface area contributed by atoms with E-state index >= 15 is 0 Å². The average Bonchev–Trinajstić information content (AvgIpc) is 1.99. The van der Waals surface area contributed by atoms with Gasteiger partial charge in [-0.25, -0.2) is 4.79 Å². The minimum absolute atomic E-state index is 0.247. The van der Waals surface area contributed by atoms with E-state index < -0.39 is 24.5 Å². The van der Waals surface area contributed by atoms with Crippen molar-refractivity contribution in [1.82, 2.24) is 5.23 Å². The molecule has 0 aliphatic heterocycles. The standard InChI is InChI=1S/C4H8N2O5/c7-1-3(2-8)5-4(9)6(10)11/h7-8,10-11H,1-2H2. The number of hydrogen-bond donors (Lipinski definition) is 4. The van der Waals surface area contributed by atoms with Crippen LogP contribution < -0.4 is 0 Å². The van der Waals surface area contributed by atoms with Crippen molar-refractivity contribution in [1.29, 1.82) is 0 Å². The third-order valence-electron chi connectivity index (χ3n) is 0.790. The van der Waals surface area contributed by atoms with E-state index in [9.17, 15) is 4.79 Å². The van der Waals surface area contributed by atoms with Gasteiger partial charge in [0.2, 0.25) is 0 Å². The van der Waals surface area contributed by atoms with Gasteiger partial charge in [-0.05, 0) is 0 Å². The SMILES string of the molecule is O=C(N=C(CO)CO)N(O)O. The second-order valence-corrected chi connectivity index (χ2v) is 1.57. The number of rotatable bonds is 2. The number of hydroxylamine groups is 2. The molecule has 0 fully saturated rings. The smallest absolute Gasteiger partial charge is 0.390 e. The molecule has 0 atom stereocenters. The van der Waals surface area contributed by atoms with Crippen LogP contribution in [0.2, 0.25) is 0 Å². The highest BCUT2D eigenvalue weighted by Gasteiger charge is 2.06. The maximum Gasteiger partial charge on any atom is 0.392 e. The Morgan fingerprint density at radius 2 is 1.73 bits per heavy atom. The van der Waals surface area contributed by atoms with Gasteiger partial charge in [0.1, 0.15) is 0 Å². The molecule has 0 aromatic rings. The van der Waals surface area contributed by atoms with Crippen LogP contribution >= 0.6 is 0 Å². The third kappa shape index (κ3) is 3.63. The van der Waals surface area contributed by atoms with Crippen LogP contribution in [0, 0.1) is 0 Å². The van der Waals surface area contributed by atoms with Gasteiger partial charge in [0.25, 0.3) is 0 Å². The number of aliphatic hydroxyl groups excluding tert-OH is 2. The largest absolute Gasteiger partial charge is 0.392 e. The molecule has 0 aliphatic carbocycles. The van der Waals surface area contributed by atoms with E-state index in [-0.39, 0.29) is 5.71 Å². The zero-order chi connectivity index (χ0) is 8.85. The summed E-state index contributed by atoms with van der Waals surface area (Å²) >= 11 is 0. The molecule has 0 unspecified atom stereocenters. The molecular formula is C4H8N2O5. The van der Waals surface area contributed by atoms with Gasteiger partial charge in [-0.1, -0.05) is 5.23 Å². The van der Waals surface area contributed by atoms with Crippen molar-refractivity contribution in [2.75, 3.05) is 13.2 Å². The Balaban J connectivity index is 4.15. The lowest BCUT2D eigenvalue weighted by molar-refractivity contribution is -0.256. The topological polar surface area (TPSA) is 114 Å². The minimum Gasteiger partial charge on any atom is -0.390 e. The van der Waals surface area contributed by atoms with E-state index in [2.05, 4.69) is 4.99 Å². The molecule has 0 radical (unpaired) electrons. The number of aliphatic hydroxyl groups is 2. The van der Waals surface area contributed by atoms with Crippen LogP contribution in [0.4, 0.5) is 4.79 Å². The second-order valence-electron chi connectivity index (χ2n) is 1.57. The zero-order valence-corrected chi connectivity index (χ0v) is 5.51. The summed E-state index contributed by atoms with van der Waals surface area (Å²) in [5.74, 6) is 0. The molecule has 0 spiro atoms. The monoisotopic (exact) mass is 164 g/mol. The van der Waals surface area contributed by atoms with E-state index in [1.165, 1.54) is 0 Å². The summed E-state index contributed by atoms with van der Waals surface area (Å²) in [6.45, 7) is -1.23. The summed E-state index contributed by atoms with van der Waals surface area (Å²) in [6.07, 6.45) is 0. The van der Waals surface area contributed by atoms with Crippen LogP contribution in [0.15, 0.2) is 4.99 Å². The molecule has 11 heavy (non-hydrogen) atoms. The Morgan fingerprint density at radius 3 is 2.00 bits per heavy atom. The van der Waals surface area contributed by atoms with Gasteiger partial charge in [-0.2, -0.15) is 4.99 Å². The minimum atomic E-state index is -1.37. The summed E-state index contributed by atoms with van der Waals surface area (Å²) in [5.41, 5.74) is -0.247. The normalized spacial score (nSPS) is 9.09. The van der Waals surface area contributed by atoms with E-state index in [0.717, 1.165) is 0 Å². The quantitative estimate of drug-likeness (QED) is 0.228. The van der Waals surface area contributed by atoms with Crippen LogP contribution in [0.1, 0.15) is 0 Å². The van der Waals surface area contributed by atoms with E-state index in [1.54, 1.807) is 0 Å². The number of carbonyl (C=O) groups excluding carboxylic acids is 1. The lowest BCUT2D eigenvalue weighted by atomic mass is 10.4. The third-order valence-corrected chi connectivity index (χ3v) is 0.790. The molecule has 2 amide bonds. The van der Waals surface area contributed by atoms with Gasteiger partial charge in [-0.15, -0.1) is 0 Å². The Morgan fingerprint density at radius 1 is 1.27 bits per heavy atom. The van der Waals surface area contributed by atoms with Crippen LogP contribution in [-0.2, 0) is 0 Å². The maximum atomic E-state index is 10.3. The van der Waals surface area contributed by atoms with Gasteiger partial charge in [0.15, 0.2) is 0 Å². The lowest BCUT2D eigenvalue weighted by Gasteiger charge is -2.01. The van der Waals surface area contributed by atoms with Crippen molar-refractivity contribution in [2.24, 2.45) is 4.99 Å². The molecule has 0 heterocycles. The number of urea groups is 1. The molecule has 64 valence electrons. The fraction of sp³-hybridized carbons (Fsp3) is 0.500. The predicted molar refractivity (Wildman–Crippen MR) is 32.4 cm³/mol. The summed E-state index contributed by atoms with van der Waals surface area (Å²) in [7, 11) is 0. The molecule has 7 nitrogen and oxygen atoms in total. The van der Waals surface area contributed by atoms with E-state index in [1.807, 2.05) is 0 Å². The fourth-order valence-electron chi connectivity index (χ4n) is 0.301. The van der Waals surface area contributed by atoms with Crippen molar-refractivity contribution in [3.05, 3.63) is 0 Å². The van der Waals surface area contributed by atoms with Crippen LogP contribution in [0.5, 0.6) is 0 Å². The number of hydrogen-bond acceptors (Lipinski definition) is 5. The van der Waals surface area contributed by atoms with Crippen molar-refractivity contribution in [3.8, 4) is 0 Å². The first-order valence-corrected chi connectivity index (χ1v) is 2.61. The molecule has 0 aromatic carbocycles. The van der Waals surface area contributed by atoms with Crippen LogP contribution in [0.25, 0.3) is 0 Å². The summed E-state index contributed by atoms with van der Waals surface area (Å²) in [4.78, 5) is 13.2. The molecule has 0 bridgehead atoms. The zero-order valence-electron chi connectivity index (χ0n) is 5.51. The van der Waals surface area contributed by atoms with E-state index in [4.69, 9.17) is 20.6 Å².